The molecule has 124 valence electrons. The second-order valence-electron chi connectivity index (χ2n) is 5.94. The second kappa shape index (κ2) is 6.70. The molecule has 0 radical (unpaired) electrons. The summed E-state index contributed by atoms with van der Waals surface area (Å²) >= 11 is 0. The summed E-state index contributed by atoms with van der Waals surface area (Å²) in [5, 5.41) is 11.2. The van der Waals surface area contributed by atoms with E-state index < -0.39 is 12.1 Å². The van der Waals surface area contributed by atoms with E-state index in [0.29, 0.717) is 18.8 Å². The molecule has 0 aliphatic heterocycles. The van der Waals surface area contributed by atoms with Crippen LogP contribution in [0.2, 0.25) is 0 Å². The van der Waals surface area contributed by atoms with E-state index in [1.165, 1.54) is 0 Å². The molecule has 2 atom stereocenters. The molecule has 2 aromatic rings. The van der Waals surface area contributed by atoms with E-state index in [1.807, 2.05) is 34.9 Å². The third-order valence-corrected chi connectivity index (χ3v) is 4.34. The summed E-state index contributed by atoms with van der Waals surface area (Å²) in [4.78, 5) is 0. The normalized spacial score (nSPS) is 22.2. The molecule has 1 aliphatic carbocycles. The van der Waals surface area contributed by atoms with Gasteiger partial charge in [-0.1, -0.05) is 24.6 Å². The van der Waals surface area contributed by atoms with E-state index in [1.54, 1.807) is 6.33 Å². The van der Waals surface area contributed by atoms with Crippen LogP contribution in [-0.4, -0.2) is 27.0 Å². The number of para-hydroxylation sites is 1. The zero-order valence-electron chi connectivity index (χ0n) is 12.6. The van der Waals surface area contributed by atoms with Gasteiger partial charge in [-0.2, -0.15) is 13.2 Å². The lowest BCUT2D eigenvalue weighted by Crippen LogP contribution is -2.38. The van der Waals surface area contributed by atoms with Crippen LogP contribution in [0.15, 0.2) is 36.7 Å². The van der Waals surface area contributed by atoms with Gasteiger partial charge in [0, 0.05) is 11.7 Å². The molecule has 7 heteroatoms. The van der Waals surface area contributed by atoms with Gasteiger partial charge in [0.15, 0.2) is 5.82 Å². The van der Waals surface area contributed by atoms with Crippen molar-refractivity contribution in [3.8, 4) is 5.69 Å². The number of nitrogens with zero attached hydrogens (tertiary/aromatic N) is 3. The van der Waals surface area contributed by atoms with Crippen molar-refractivity contribution in [1.29, 1.82) is 0 Å². The van der Waals surface area contributed by atoms with Crippen LogP contribution < -0.4 is 5.32 Å². The number of rotatable bonds is 4. The van der Waals surface area contributed by atoms with Gasteiger partial charge in [0.2, 0.25) is 0 Å². The maximum atomic E-state index is 12.9. The lowest BCUT2D eigenvalue weighted by molar-refractivity contribution is -0.183. The number of alkyl halides is 3. The van der Waals surface area contributed by atoms with E-state index in [0.717, 1.165) is 12.1 Å². The molecule has 1 saturated carbocycles. The van der Waals surface area contributed by atoms with Gasteiger partial charge in [-0.3, -0.25) is 4.57 Å². The molecule has 1 aliphatic rings. The topological polar surface area (TPSA) is 42.7 Å². The fraction of sp³-hybridized carbons (Fsp3) is 0.500. The average Bonchev–Trinajstić information content (AvgIpc) is 3.02. The van der Waals surface area contributed by atoms with Crippen molar-refractivity contribution in [1.82, 2.24) is 20.1 Å². The molecular weight excluding hydrogens is 305 g/mol. The number of hydrogen-bond acceptors (Lipinski definition) is 3. The van der Waals surface area contributed by atoms with Crippen LogP contribution in [0.1, 0.15) is 31.5 Å². The van der Waals surface area contributed by atoms with Crippen LogP contribution in [-0.2, 0) is 6.54 Å². The van der Waals surface area contributed by atoms with Crippen LogP contribution in [0.25, 0.3) is 5.69 Å². The van der Waals surface area contributed by atoms with Gasteiger partial charge < -0.3 is 5.32 Å². The lowest BCUT2D eigenvalue weighted by atomic mass is 9.85. The zero-order chi connectivity index (χ0) is 16.3. The highest BCUT2D eigenvalue weighted by Crippen LogP contribution is 2.37. The third kappa shape index (κ3) is 3.90. The molecule has 1 fully saturated rings. The van der Waals surface area contributed by atoms with E-state index in [9.17, 15) is 13.2 Å². The van der Waals surface area contributed by atoms with Crippen molar-refractivity contribution in [2.24, 2.45) is 5.92 Å². The summed E-state index contributed by atoms with van der Waals surface area (Å²) in [5.41, 5.74) is 0.936. The largest absolute Gasteiger partial charge is 0.391 e. The smallest absolute Gasteiger partial charge is 0.307 e. The van der Waals surface area contributed by atoms with Gasteiger partial charge in [0.25, 0.3) is 0 Å². The predicted octanol–water partition coefficient (Wildman–Crippen LogP) is 3.48. The van der Waals surface area contributed by atoms with Gasteiger partial charge in [-0.15, -0.1) is 10.2 Å². The fourth-order valence-electron chi connectivity index (χ4n) is 3.09. The number of benzene rings is 1. The SMILES string of the molecule is FC(F)(F)[C@@H]1CCC[C@@H](NCc2nncn2-c2ccccc2)C1. The van der Waals surface area contributed by atoms with Crippen molar-refractivity contribution in [3.05, 3.63) is 42.5 Å². The summed E-state index contributed by atoms with van der Waals surface area (Å²) in [6, 6.07) is 9.51. The van der Waals surface area contributed by atoms with Gasteiger partial charge >= 0.3 is 6.18 Å². The first-order valence-corrected chi connectivity index (χ1v) is 7.78. The maximum Gasteiger partial charge on any atom is 0.391 e. The summed E-state index contributed by atoms with van der Waals surface area (Å²) in [6.07, 6.45) is -0.722. The Hall–Kier alpha value is -1.89. The molecule has 1 N–H and O–H groups in total. The number of aromatic nitrogens is 3. The van der Waals surface area contributed by atoms with Crippen LogP contribution in [0.5, 0.6) is 0 Å². The third-order valence-electron chi connectivity index (χ3n) is 4.34. The molecule has 0 unspecified atom stereocenters. The Kier molecular flexibility index (Phi) is 4.66. The number of nitrogens with one attached hydrogen (secondary N) is 1. The van der Waals surface area contributed by atoms with Gasteiger partial charge in [0.1, 0.15) is 6.33 Å². The van der Waals surface area contributed by atoms with Crippen LogP contribution in [0, 0.1) is 5.92 Å². The first-order valence-electron chi connectivity index (χ1n) is 7.78. The van der Waals surface area contributed by atoms with E-state index in [2.05, 4.69) is 15.5 Å². The molecule has 3 rings (SSSR count). The molecular formula is C16H19F3N4. The van der Waals surface area contributed by atoms with Gasteiger partial charge in [-0.25, -0.2) is 0 Å². The Morgan fingerprint density at radius 1 is 1.17 bits per heavy atom. The molecule has 23 heavy (non-hydrogen) atoms. The molecule has 0 saturated heterocycles. The average molecular weight is 324 g/mol. The van der Waals surface area contributed by atoms with Crippen LogP contribution in [0.3, 0.4) is 0 Å². The Balaban J connectivity index is 1.62. The first-order chi connectivity index (χ1) is 11.0. The first kappa shape index (κ1) is 16.0. The van der Waals surface area contributed by atoms with Crippen LogP contribution >= 0.6 is 0 Å². The fourth-order valence-corrected chi connectivity index (χ4v) is 3.09. The van der Waals surface area contributed by atoms with Gasteiger partial charge in [0.05, 0.1) is 12.5 Å². The Labute approximate surface area is 132 Å². The van der Waals surface area contributed by atoms with Crippen LogP contribution in [0.4, 0.5) is 13.2 Å². The number of halogens is 3. The minimum atomic E-state index is -4.09. The Bertz CT molecular complexity index is 624. The molecule has 0 bridgehead atoms. The summed E-state index contributed by atoms with van der Waals surface area (Å²) in [5.74, 6) is -0.494. The van der Waals surface area contributed by atoms with E-state index in [-0.39, 0.29) is 18.9 Å². The van der Waals surface area contributed by atoms with E-state index in [4.69, 9.17) is 0 Å². The molecule has 4 nitrogen and oxygen atoms in total. The highest BCUT2D eigenvalue weighted by molar-refractivity contribution is 5.31. The lowest BCUT2D eigenvalue weighted by Gasteiger charge is -2.31. The van der Waals surface area contributed by atoms with Crippen molar-refractivity contribution in [2.75, 3.05) is 0 Å². The van der Waals surface area contributed by atoms with Gasteiger partial charge in [-0.05, 0) is 31.4 Å². The molecule has 0 spiro atoms. The quantitative estimate of drug-likeness (QED) is 0.936. The predicted molar refractivity (Wildman–Crippen MR) is 80.0 cm³/mol. The second-order valence-corrected chi connectivity index (χ2v) is 5.94. The Morgan fingerprint density at radius 3 is 2.70 bits per heavy atom. The molecule has 1 aromatic heterocycles. The minimum Gasteiger partial charge on any atom is -0.307 e. The summed E-state index contributed by atoms with van der Waals surface area (Å²) < 4.78 is 40.4. The highest BCUT2D eigenvalue weighted by atomic mass is 19.4. The van der Waals surface area contributed by atoms with Crippen molar-refractivity contribution in [2.45, 2.75) is 44.4 Å². The number of hydrogen-bond donors (Lipinski definition) is 1. The van der Waals surface area contributed by atoms with Crippen molar-refractivity contribution < 1.29 is 13.2 Å². The Morgan fingerprint density at radius 2 is 1.96 bits per heavy atom. The standard InChI is InChI=1S/C16H19F3N4/c17-16(18,19)12-5-4-6-13(9-12)20-10-15-22-21-11-23(15)14-7-2-1-3-8-14/h1-3,7-8,11-13,20H,4-6,9-10H2/t12-,13-/m1/s1. The molecule has 0 amide bonds. The van der Waals surface area contributed by atoms with Crippen molar-refractivity contribution >= 4 is 0 Å². The summed E-state index contributed by atoms with van der Waals surface area (Å²) in [6.45, 7) is 0.407. The monoisotopic (exact) mass is 324 g/mol. The summed E-state index contributed by atoms with van der Waals surface area (Å²) in [7, 11) is 0. The van der Waals surface area contributed by atoms with Crippen molar-refractivity contribution in [3.63, 3.8) is 0 Å². The van der Waals surface area contributed by atoms with E-state index >= 15 is 0 Å². The molecule has 1 aromatic carbocycles. The highest BCUT2D eigenvalue weighted by Gasteiger charge is 2.42. The molecule has 1 heterocycles. The minimum absolute atomic E-state index is 0.128. The maximum absolute atomic E-state index is 12.9. The zero-order valence-corrected chi connectivity index (χ0v) is 12.6.